The zero-order chi connectivity index (χ0) is 14.5. The number of nitrogens with one attached hydrogen (secondary N) is 1. The maximum atomic E-state index is 12.4. The van der Waals surface area contributed by atoms with Crippen molar-refractivity contribution in [1.29, 1.82) is 0 Å². The fraction of sp³-hybridized carbons (Fsp3) is 0.846. The van der Waals surface area contributed by atoms with Crippen LogP contribution in [0.5, 0.6) is 0 Å². The lowest BCUT2D eigenvalue weighted by Crippen LogP contribution is -2.54. The molecule has 2 atom stereocenters. The Labute approximate surface area is 119 Å². The number of amides is 2. The summed E-state index contributed by atoms with van der Waals surface area (Å²) in [6.07, 6.45) is -0.295. The molecule has 0 aromatic rings. The molecule has 2 heterocycles. The highest BCUT2D eigenvalue weighted by Crippen LogP contribution is 2.17. The van der Waals surface area contributed by atoms with Crippen LogP contribution >= 0.6 is 0 Å². The van der Waals surface area contributed by atoms with E-state index in [1.165, 1.54) is 0 Å². The average Bonchev–Trinajstić information content (AvgIpc) is 2.95. The van der Waals surface area contributed by atoms with Crippen LogP contribution in [-0.2, 0) is 14.3 Å². The van der Waals surface area contributed by atoms with Gasteiger partial charge in [0.05, 0.1) is 25.7 Å². The molecule has 0 aromatic carbocycles. The van der Waals surface area contributed by atoms with Gasteiger partial charge in [-0.05, 0) is 14.0 Å². The molecule has 2 aliphatic heterocycles. The molecule has 0 aromatic heterocycles. The van der Waals surface area contributed by atoms with Gasteiger partial charge in [-0.3, -0.25) is 4.79 Å². The van der Waals surface area contributed by atoms with Crippen LogP contribution in [-0.4, -0.2) is 80.9 Å². The smallest absolute Gasteiger partial charge is 0.409 e. The first kappa shape index (κ1) is 15.1. The Morgan fingerprint density at radius 3 is 2.45 bits per heavy atom. The minimum absolute atomic E-state index is 0.0885. The largest absolute Gasteiger partial charge is 0.450 e. The third-order valence-corrected chi connectivity index (χ3v) is 3.89. The molecule has 2 rings (SSSR count). The molecule has 0 bridgehead atoms. The molecule has 0 radical (unpaired) electrons. The maximum absolute atomic E-state index is 12.4. The Morgan fingerprint density at radius 1 is 1.20 bits per heavy atom. The lowest BCUT2D eigenvalue weighted by molar-refractivity contribution is -0.137. The minimum atomic E-state index is -0.295. The van der Waals surface area contributed by atoms with Gasteiger partial charge in [0.1, 0.15) is 0 Å². The standard InChI is InChI=1S/C13H23N3O4/c1-3-20-13(18)16-6-4-15(5-7-16)12(17)10-8-19-9-11(10)14-2/h10-11,14H,3-9H2,1-2H3. The topological polar surface area (TPSA) is 71.1 Å². The fourth-order valence-corrected chi connectivity index (χ4v) is 2.64. The molecule has 2 amide bonds. The van der Waals surface area contributed by atoms with Crippen LogP contribution in [0.15, 0.2) is 0 Å². The fourth-order valence-electron chi connectivity index (χ4n) is 2.64. The van der Waals surface area contributed by atoms with Crippen molar-refractivity contribution in [1.82, 2.24) is 15.1 Å². The number of hydrogen-bond donors (Lipinski definition) is 1. The summed E-state index contributed by atoms with van der Waals surface area (Å²) in [5.41, 5.74) is 0. The Morgan fingerprint density at radius 2 is 1.85 bits per heavy atom. The van der Waals surface area contributed by atoms with Crippen molar-refractivity contribution in [3.05, 3.63) is 0 Å². The molecule has 2 aliphatic rings. The van der Waals surface area contributed by atoms with Gasteiger partial charge < -0.3 is 24.6 Å². The summed E-state index contributed by atoms with van der Waals surface area (Å²) in [6.45, 7) is 5.40. The third kappa shape index (κ3) is 3.21. The van der Waals surface area contributed by atoms with E-state index in [-0.39, 0.29) is 24.0 Å². The molecule has 1 N–H and O–H groups in total. The van der Waals surface area contributed by atoms with Gasteiger partial charge in [-0.2, -0.15) is 0 Å². The summed E-state index contributed by atoms with van der Waals surface area (Å²) in [5.74, 6) is -0.000461. The molecule has 2 saturated heterocycles. The highest BCUT2D eigenvalue weighted by molar-refractivity contribution is 5.80. The molecule has 20 heavy (non-hydrogen) atoms. The Bertz CT molecular complexity index is 356. The molecule has 0 spiro atoms. The van der Waals surface area contributed by atoms with E-state index in [1.807, 2.05) is 11.9 Å². The van der Waals surface area contributed by atoms with Crippen molar-refractivity contribution < 1.29 is 19.1 Å². The second-order valence-electron chi connectivity index (χ2n) is 5.05. The predicted molar refractivity (Wildman–Crippen MR) is 72.3 cm³/mol. The van der Waals surface area contributed by atoms with Crippen molar-refractivity contribution >= 4 is 12.0 Å². The first-order chi connectivity index (χ1) is 9.67. The molecule has 0 aliphatic carbocycles. The van der Waals surface area contributed by atoms with Gasteiger partial charge in [-0.1, -0.05) is 0 Å². The molecular weight excluding hydrogens is 262 g/mol. The predicted octanol–water partition coefficient (Wildman–Crippen LogP) is -0.478. The number of nitrogens with zero attached hydrogens (tertiary/aromatic N) is 2. The zero-order valence-corrected chi connectivity index (χ0v) is 12.1. The van der Waals surface area contributed by atoms with Gasteiger partial charge in [0.25, 0.3) is 0 Å². The van der Waals surface area contributed by atoms with Gasteiger partial charge in [0, 0.05) is 32.2 Å². The molecule has 2 unspecified atom stereocenters. The van der Waals surface area contributed by atoms with Crippen LogP contribution in [0.1, 0.15) is 6.92 Å². The van der Waals surface area contributed by atoms with Gasteiger partial charge in [-0.25, -0.2) is 4.79 Å². The van der Waals surface area contributed by atoms with Crippen LogP contribution in [0, 0.1) is 5.92 Å². The number of ether oxygens (including phenoxy) is 2. The van der Waals surface area contributed by atoms with E-state index < -0.39 is 0 Å². The average molecular weight is 285 g/mol. The summed E-state index contributed by atoms with van der Waals surface area (Å²) in [6, 6.07) is 0.0885. The Balaban J connectivity index is 1.84. The Kier molecular flexibility index (Phi) is 5.19. The van der Waals surface area contributed by atoms with Crippen LogP contribution in [0.4, 0.5) is 4.79 Å². The van der Waals surface area contributed by atoms with E-state index in [1.54, 1.807) is 11.8 Å². The van der Waals surface area contributed by atoms with Crippen molar-refractivity contribution in [2.75, 3.05) is 53.0 Å². The van der Waals surface area contributed by atoms with Crippen LogP contribution in [0.3, 0.4) is 0 Å². The minimum Gasteiger partial charge on any atom is -0.450 e. The lowest BCUT2D eigenvalue weighted by atomic mass is 10.0. The first-order valence-corrected chi connectivity index (χ1v) is 7.12. The highest BCUT2D eigenvalue weighted by Gasteiger charge is 2.37. The van der Waals surface area contributed by atoms with Crippen molar-refractivity contribution in [3.63, 3.8) is 0 Å². The second-order valence-corrected chi connectivity index (χ2v) is 5.05. The molecule has 7 nitrogen and oxygen atoms in total. The lowest BCUT2D eigenvalue weighted by Gasteiger charge is -2.35. The van der Waals surface area contributed by atoms with E-state index in [2.05, 4.69) is 5.32 Å². The molecule has 2 fully saturated rings. The number of carbonyl (C=O) groups is 2. The molecule has 114 valence electrons. The normalized spacial score (nSPS) is 26.7. The van der Waals surface area contributed by atoms with Gasteiger partial charge in [-0.15, -0.1) is 0 Å². The van der Waals surface area contributed by atoms with Crippen LogP contribution in [0.25, 0.3) is 0 Å². The van der Waals surface area contributed by atoms with E-state index in [0.717, 1.165) is 0 Å². The number of hydrogen-bond acceptors (Lipinski definition) is 5. The van der Waals surface area contributed by atoms with Crippen LogP contribution in [0.2, 0.25) is 0 Å². The Hall–Kier alpha value is -1.34. The summed E-state index contributed by atoms with van der Waals surface area (Å²) >= 11 is 0. The highest BCUT2D eigenvalue weighted by atomic mass is 16.6. The molecule has 7 heteroatoms. The summed E-state index contributed by atoms with van der Waals surface area (Å²) in [7, 11) is 1.85. The quantitative estimate of drug-likeness (QED) is 0.758. The summed E-state index contributed by atoms with van der Waals surface area (Å²) < 4.78 is 10.3. The molecule has 0 saturated carbocycles. The van der Waals surface area contributed by atoms with Gasteiger partial charge in [0.2, 0.25) is 5.91 Å². The summed E-state index contributed by atoms with van der Waals surface area (Å²) in [4.78, 5) is 27.5. The first-order valence-electron chi connectivity index (χ1n) is 7.12. The van der Waals surface area contributed by atoms with Crippen molar-refractivity contribution in [3.8, 4) is 0 Å². The number of rotatable bonds is 3. The van der Waals surface area contributed by atoms with E-state index in [0.29, 0.717) is 46.0 Å². The summed E-state index contributed by atoms with van der Waals surface area (Å²) in [5, 5.41) is 3.12. The van der Waals surface area contributed by atoms with Crippen molar-refractivity contribution in [2.24, 2.45) is 5.92 Å². The number of carbonyl (C=O) groups excluding carboxylic acids is 2. The maximum Gasteiger partial charge on any atom is 0.409 e. The van der Waals surface area contributed by atoms with Crippen molar-refractivity contribution in [2.45, 2.75) is 13.0 Å². The molecular formula is C13H23N3O4. The van der Waals surface area contributed by atoms with Gasteiger partial charge >= 0.3 is 6.09 Å². The second kappa shape index (κ2) is 6.90. The monoisotopic (exact) mass is 285 g/mol. The zero-order valence-electron chi connectivity index (χ0n) is 12.1. The number of likely N-dealkylation sites (N-methyl/N-ethyl adjacent to an activating group) is 1. The van der Waals surface area contributed by atoms with Gasteiger partial charge in [0.15, 0.2) is 0 Å². The SMILES string of the molecule is CCOC(=O)N1CCN(C(=O)C2COCC2NC)CC1. The van der Waals surface area contributed by atoms with E-state index in [4.69, 9.17) is 9.47 Å². The van der Waals surface area contributed by atoms with E-state index in [9.17, 15) is 9.59 Å². The van der Waals surface area contributed by atoms with E-state index >= 15 is 0 Å². The third-order valence-electron chi connectivity index (χ3n) is 3.89. The van der Waals surface area contributed by atoms with Crippen LogP contribution < -0.4 is 5.32 Å². The number of piperazine rings is 1.